The lowest BCUT2D eigenvalue weighted by Gasteiger charge is -2.13. The molecule has 0 aliphatic heterocycles. The van der Waals surface area contributed by atoms with Gasteiger partial charge in [0.05, 0.1) is 12.7 Å². The van der Waals surface area contributed by atoms with Crippen LogP contribution in [0, 0.1) is 0 Å². The number of hydrazine groups is 1. The van der Waals surface area contributed by atoms with Crippen molar-refractivity contribution in [2.45, 2.75) is 0 Å². The zero-order valence-electron chi connectivity index (χ0n) is 13.7. The molecule has 0 aliphatic carbocycles. The van der Waals surface area contributed by atoms with Crippen LogP contribution < -0.4 is 25.6 Å². The van der Waals surface area contributed by atoms with E-state index in [0.717, 1.165) is 0 Å². The first-order valence-corrected chi connectivity index (χ1v) is 8.61. The van der Waals surface area contributed by atoms with Gasteiger partial charge in [0.15, 0.2) is 11.7 Å². The Morgan fingerprint density at radius 3 is 2.54 bits per heavy atom. The number of hydrogen-bond donors (Lipinski definition) is 3. The SMILES string of the molecule is COc1ccc(Br)cc1C(=O)NC(=S)NNC(=O)COc1ccccc1. The number of hydrogen-bond acceptors (Lipinski definition) is 5. The third kappa shape index (κ3) is 6.01. The molecule has 2 amide bonds. The number of amides is 2. The molecule has 0 bridgehead atoms. The fourth-order valence-electron chi connectivity index (χ4n) is 1.89. The molecule has 0 saturated carbocycles. The summed E-state index contributed by atoms with van der Waals surface area (Å²) in [6, 6.07) is 13.9. The summed E-state index contributed by atoms with van der Waals surface area (Å²) in [4.78, 5) is 24.0. The first-order chi connectivity index (χ1) is 12.5. The molecular formula is C17H16BrN3O4S. The first-order valence-electron chi connectivity index (χ1n) is 7.41. The Balaban J connectivity index is 1.80. The number of carbonyl (C=O) groups excluding carboxylic acids is 2. The van der Waals surface area contributed by atoms with Crippen LogP contribution in [-0.4, -0.2) is 30.6 Å². The topological polar surface area (TPSA) is 88.7 Å². The van der Waals surface area contributed by atoms with E-state index in [1.165, 1.54) is 7.11 Å². The zero-order valence-corrected chi connectivity index (χ0v) is 16.1. The molecule has 0 unspecified atom stereocenters. The molecule has 0 aliphatic rings. The Morgan fingerprint density at radius 1 is 1.12 bits per heavy atom. The predicted molar refractivity (Wildman–Crippen MR) is 104 cm³/mol. The molecule has 0 spiro atoms. The van der Waals surface area contributed by atoms with Crippen LogP contribution in [0.25, 0.3) is 0 Å². The number of benzene rings is 2. The van der Waals surface area contributed by atoms with Gasteiger partial charge in [-0.15, -0.1) is 0 Å². The maximum Gasteiger partial charge on any atom is 0.276 e. The van der Waals surface area contributed by atoms with E-state index in [9.17, 15) is 9.59 Å². The number of halogens is 1. The predicted octanol–water partition coefficient (Wildman–Crippen LogP) is 2.17. The molecule has 9 heteroatoms. The van der Waals surface area contributed by atoms with Crippen LogP contribution >= 0.6 is 28.1 Å². The van der Waals surface area contributed by atoms with Crippen LogP contribution in [0.1, 0.15) is 10.4 Å². The van der Waals surface area contributed by atoms with Crippen molar-refractivity contribution in [1.29, 1.82) is 0 Å². The molecule has 0 radical (unpaired) electrons. The van der Waals surface area contributed by atoms with Gasteiger partial charge in [-0.1, -0.05) is 34.1 Å². The standard InChI is InChI=1S/C17H16BrN3O4S/c1-24-14-8-7-11(18)9-13(14)16(23)19-17(26)21-20-15(22)10-25-12-5-3-2-4-6-12/h2-9H,10H2,1H3,(H,20,22)(H2,19,21,23,26). The molecule has 0 atom stereocenters. The summed E-state index contributed by atoms with van der Waals surface area (Å²) in [5, 5.41) is 2.39. The zero-order chi connectivity index (χ0) is 18.9. The summed E-state index contributed by atoms with van der Waals surface area (Å²) in [6.45, 7) is -0.201. The Hall–Kier alpha value is -2.65. The number of ether oxygens (including phenoxy) is 2. The van der Waals surface area contributed by atoms with Crippen LogP contribution in [-0.2, 0) is 4.79 Å². The van der Waals surface area contributed by atoms with Gasteiger partial charge in [0.25, 0.3) is 11.8 Å². The molecule has 26 heavy (non-hydrogen) atoms. The number of para-hydroxylation sites is 1. The molecule has 0 heterocycles. The highest BCUT2D eigenvalue weighted by atomic mass is 79.9. The normalized spacial score (nSPS) is 9.77. The van der Waals surface area contributed by atoms with Crippen LogP contribution in [0.2, 0.25) is 0 Å². The van der Waals surface area contributed by atoms with E-state index in [2.05, 4.69) is 32.1 Å². The minimum absolute atomic E-state index is 0.0647. The van der Waals surface area contributed by atoms with Gasteiger partial charge in [-0.25, -0.2) is 0 Å². The fraction of sp³-hybridized carbons (Fsp3) is 0.118. The second kappa shape index (κ2) is 9.73. The van der Waals surface area contributed by atoms with Crippen molar-refractivity contribution in [3.05, 3.63) is 58.6 Å². The second-order valence-electron chi connectivity index (χ2n) is 4.90. The van der Waals surface area contributed by atoms with Gasteiger partial charge in [-0.3, -0.25) is 25.8 Å². The lowest BCUT2D eigenvalue weighted by Crippen LogP contribution is -2.49. The van der Waals surface area contributed by atoms with Gasteiger partial charge in [0.2, 0.25) is 0 Å². The molecule has 136 valence electrons. The molecule has 0 aromatic heterocycles. The summed E-state index contributed by atoms with van der Waals surface area (Å²) in [7, 11) is 1.46. The molecule has 2 rings (SSSR count). The Kier molecular flexibility index (Phi) is 7.37. The smallest absolute Gasteiger partial charge is 0.276 e. The van der Waals surface area contributed by atoms with Crippen molar-refractivity contribution >= 4 is 45.1 Å². The van der Waals surface area contributed by atoms with Crippen molar-refractivity contribution in [2.75, 3.05) is 13.7 Å². The Labute approximate surface area is 164 Å². The minimum atomic E-state index is -0.476. The third-order valence-electron chi connectivity index (χ3n) is 3.06. The average molecular weight is 438 g/mol. The van der Waals surface area contributed by atoms with Gasteiger partial charge < -0.3 is 9.47 Å². The van der Waals surface area contributed by atoms with Gasteiger partial charge in [-0.2, -0.15) is 0 Å². The fourth-order valence-corrected chi connectivity index (χ4v) is 2.39. The minimum Gasteiger partial charge on any atom is -0.496 e. The Bertz CT molecular complexity index is 802. The molecular weight excluding hydrogens is 422 g/mol. The molecule has 3 N–H and O–H groups in total. The molecule has 0 saturated heterocycles. The maximum absolute atomic E-state index is 12.3. The van der Waals surface area contributed by atoms with Crippen molar-refractivity contribution in [3.8, 4) is 11.5 Å². The summed E-state index contributed by atoms with van der Waals surface area (Å²) >= 11 is 8.28. The van der Waals surface area contributed by atoms with E-state index in [4.69, 9.17) is 21.7 Å². The highest BCUT2D eigenvalue weighted by Gasteiger charge is 2.14. The van der Waals surface area contributed by atoms with E-state index in [1.807, 2.05) is 6.07 Å². The van der Waals surface area contributed by atoms with Gasteiger partial charge in [-0.05, 0) is 42.5 Å². The highest BCUT2D eigenvalue weighted by molar-refractivity contribution is 9.10. The van der Waals surface area contributed by atoms with Crippen molar-refractivity contribution in [2.24, 2.45) is 0 Å². The lowest BCUT2D eigenvalue weighted by molar-refractivity contribution is -0.123. The van der Waals surface area contributed by atoms with Gasteiger partial charge >= 0.3 is 0 Å². The summed E-state index contributed by atoms with van der Waals surface area (Å²) < 4.78 is 11.1. The average Bonchev–Trinajstić information content (AvgIpc) is 2.65. The quantitative estimate of drug-likeness (QED) is 0.490. The van der Waals surface area contributed by atoms with E-state index in [1.54, 1.807) is 42.5 Å². The second-order valence-corrected chi connectivity index (χ2v) is 6.23. The number of rotatable bonds is 5. The summed E-state index contributed by atoms with van der Waals surface area (Å²) in [6.07, 6.45) is 0. The third-order valence-corrected chi connectivity index (χ3v) is 3.76. The van der Waals surface area contributed by atoms with Crippen LogP contribution in [0.15, 0.2) is 53.0 Å². The number of thiocarbonyl (C=S) groups is 1. The molecule has 0 fully saturated rings. The van der Waals surface area contributed by atoms with Crippen LogP contribution in [0.3, 0.4) is 0 Å². The first kappa shape index (κ1) is 19.7. The van der Waals surface area contributed by atoms with Crippen molar-refractivity contribution in [1.82, 2.24) is 16.2 Å². The van der Waals surface area contributed by atoms with E-state index in [0.29, 0.717) is 21.5 Å². The van der Waals surface area contributed by atoms with Crippen molar-refractivity contribution in [3.63, 3.8) is 0 Å². The maximum atomic E-state index is 12.3. The van der Waals surface area contributed by atoms with Crippen LogP contribution in [0.4, 0.5) is 0 Å². The monoisotopic (exact) mass is 437 g/mol. The lowest BCUT2D eigenvalue weighted by atomic mass is 10.2. The van der Waals surface area contributed by atoms with Crippen LogP contribution in [0.5, 0.6) is 11.5 Å². The number of carbonyl (C=O) groups is 2. The highest BCUT2D eigenvalue weighted by Crippen LogP contribution is 2.22. The van der Waals surface area contributed by atoms with Crippen molar-refractivity contribution < 1.29 is 19.1 Å². The molecule has 7 nitrogen and oxygen atoms in total. The number of methoxy groups -OCH3 is 1. The Morgan fingerprint density at radius 2 is 1.85 bits per heavy atom. The number of nitrogens with one attached hydrogen (secondary N) is 3. The van der Waals surface area contributed by atoms with E-state index in [-0.39, 0.29) is 11.7 Å². The molecule has 2 aromatic rings. The van der Waals surface area contributed by atoms with Gasteiger partial charge in [0.1, 0.15) is 11.5 Å². The largest absolute Gasteiger partial charge is 0.496 e. The van der Waals surface area contributed by atoms with E-state index < -0.39 is 11.8 Å². The molecule has 2 aromatic carbocycles. The van der Waals surface area contributed by atoms with E-state index >= 15 is 0 Å². The summed E-state index contributed by atoms with van der Waals surface area (Å²) in [5.74, 6) is 0.0370. The van der Waals surface area contributed by atoms with Gasteiger partial charge in [0, 0.05) is 4.47 Å². The summed E-state index contributed by atoms with van der Waals surface area (Å²) in [5.41, 5.74) is 5.07.